The van der Waals surface area contributed by atoms with Crippen LogP contribution in [0.25, 0.3) is 16.2 Å². The molecule has 9 heteroatoms. The van der Waals surface area contributed by atoms with Gasteiger partial charge in [-0.2, -0.15) is 5.10 Å². The number of allylic oxidation sites excluding steroid dienone is 1. The number of nitrogens with zero attached hydrogens (tertiary/aromatic N) is 4. The maximum Gasteiger partial charge on any atom is 0.307 e. The first-order valence-corrected chi connectivity index (χ1v) is 20.9. The summed E-state index contributed by atoms with van der Waals surface area (Å²) in [7, 11) is 0. The number of hydrogen-bond donors (Lipinski definition) is 2. The van der Waals surface area contributed by atoms with Crippen molar-refractivity contribution < 1.29 is 19.4 Å². The maximum atomic E-state index is 13.6. The molecular weight excluding hydrogens is 687 g/mol. The van der Waals surface area contributed by atoms with Crippen LogP contribution in [0.3, 0.4) is 0 Å². The smallest absolute Gasteiger partial charge is 0.307 e. The third kappa shape index (κ3) is 5.73. The molecule has 55 heavy (non-hydrogen) atoms. The zero-order valence-corrected chi connectivity index (χ0v) is 35.4. The van der Waals surface area contributed by atoms with E-state index in [1.165, 1.54) is 5.57 Å². The van der Waals surface area contributed by atoms with Crippen molar-refractivity contribution in [1.82, 2.24) is 14.8 Å². The number of nitrogens with two attached hydrogens (primary N) is 1. The summed E-state index contributed by atoms with van der Waals surface area (Å²) in [5, 5.41) is 16.1. The molecule has 0 amide bonds. The average Bonchev–Trinajstić information content (AvgIpc) is 3.60. The normalized spacial score (nSPS) is 40.1. The van der Waals surface area contributed by atoms with Gasteiger partial charge in [-0.05, 0) is 96.8 Å². The largest absolute Gasteiger partial charge is 0.481 e. The van der Waals surface area contributed by atoms with Crippen LogP contribution in [0.4, 0.5) is 5.69 Å². The molecule has 0 spiro atoms. The lowest BCUT2D eigenvalue weighted by Gasteiger charge is -2.71. The number of aromatic nitrogens is 3. The predicted molar refractivity (Wildman–Crippen MR) is 216 cm³/mol. The Balaban J connectivity index is 1.36. The van der Waals surface area contributed by atoms with Crippen molar-refractivity contribution in [2.45, 2.75) is 132 Å². The van der Waals surface area contributed by atoms with Crippen molar-refractivity contribution in [3.63, 3.8) is 0 Å². The first-order chi connectivity index (χ1) is 25.6. The van der Waals surface area contributed by atoms with Crippen LogP contribution in [0.2, 0.25) is 0 Å². The standard InChI is InChI=1S/C46H67N5O4/c1-28(2)29(3)41(7)20-21-43(9)32-16-17-35-42(8)24-54-26-46(35,33(32)18-19-44(43,10)36(41)39(52)53)23-34(37(42)55-25-45(11,47)40(4,5)6)51-38(49-27-50-51)30-14-13-15-31(22-30)48-12/h13-15,18,22,27-29,32,34-37H,16-17,19-21,23-26,47H2,1-11H3,(H,52,53)/t29-,32+,34-,35+,36-,37+,41-,42-,43-,44+,45+,46+/m1/s1. The Bertz CT molecular complexity index is 1890. The van der Waals surface area contributed by atoms with Gasteiger partial charge in [-0.25, -0.2) is 14.5 Å². The van der Waals surface area contributed by atoms with Gasteiger partial charge in [-0.1, -0.05) is 99.1 Å². The topological polar surface area (TPSA) is 117 Å². The molecule has 2 heterocycles. The third-order valence-corrected chi connectivity index (χ3v) is 17.5. The van der Waals surface area contributed by atoms with Crippen molar-refractivity contribution >= 4 is 11.7 Å². The molecular formula is C46H67N5O4. The number of carboxylic acids is 1. The lowest BCUT2D eigenvalue weighted by atomic mass is 9.34. The van der Waals surface area contributed by atoms with Crippen molar-refractivity contribution in [2.75, 3.05) is 19.8 Å². The highest BCUT2D eigenvalue weighted by molar-refractivity contribution is 5.73. The van der Waals surface area contributed by atoms with Crippen LogP contribution in [0, 0.1) is 68.7 Å². The van der Waals surface area contributed by atoms with Crippen LogP contribution in [0.5, 0.6) is 0 Å². The summed E-state index contributed by atoms with van der Waals surface area (Å²) >= 11 is 0. The van der Waals surface area contributed by atoms with Gasteiger partial charge < -0.3 is 20.3 Å². The molecule has 3 saturated carbocycles. The predicted octanol–water partition coefficient (Wildman–Crippen LogP) is 9.77. The number of hydrogen-bond acceptors (Lipinski definition) is 6. The van der Waals surface area contributed by atoms with Gasteiger partial charge in [0.15, 0.2) is 11.5 Å². The second-order valence-corrected chi connectivity index (χ2v) is 21.2. The Hall–Kier alpha value is -3.06. The summed E-state index contributed by atoms with van der Waals surface area (Å²) in [6.07, 6.45) is 9.41. The lowest BCUT2D eigenvalue weighted by molar-refractivity contribution is -0.253. The number of rotatable bonds is 8. The summed E-state index contributed by atoms with van der Waals surface area (Å²) in [5.41, 5.74) is 7.67. The first-order valence-electron chi connectivity index (χ1n) is 20.9. The number of aliphatic carboxylic acids is 1. The molecule has 0 radical (unpaired) electrons. The zero-order chi connectivity index (χ0) is 40.1. The van der Waals surface area contributed by atoms with Crippen LogP contribution in [-0.2, 0) is 14.3 Å². The molecule has 4 fully saturated rings. The van der Waals surface area contributed by atoms with Crippen molar-refractivity contribution in [2.24, 2.45) is 67.8 Å². The minimum absolute atomic E-state index is 0.177. The van der Waals surface area contributed by atoms with Gasteiger partial charge in [-0.15, -0.1) is 0 Å². The van der Waals surface area contributed by atoms with Crippen molar-refractivity contribution in [3.8, 4) is 11.4 Å². The highest BCUT2D eigenvalue weighted by atomic mass is 16.5. The Kier molecular flexibility index (Phi) is 9.67. The molecule has 7 rings (SSSR count). The molecule has 4 aliphatic carbocycles. The fraction of sp³-hybridized carbons (Fsp3) is 0.739. The Labute approximate surface area is 330 Å². The van der Waals surface area contributed by atoms with E-state index in [1.807, 2.05) is 24.3 Å². The fourth-order valence-corrected chi connectivity index (χ4v) is 13.0. The van der Waals surface area contributed by atoms with Gasteiger partial charge >= 0.3 is 5.97 Å². The van der Waals surface area contributed by atoms with Crippen LogP contribution < -0.4 is 5.73 Å². The second-order valence-electron chi connectivity index (χ2n) is 21.2. The number of fused-ring (bicyclic) bond motifs is 3. The van der Waals surface area contributed by atoms with E-state index >= 15 is 0 Å². The van der Waals surface area contributed by atoms with Gasteiger partial charge in [0.25, 0.3) is 0 Å². The molecule has 12 atom stereocenters. The molecule has 2 bridgehead atoms. The molecule has 2 aromatic rings. The maximum absolute atomic E-state index is 13.6. The van der Waals surface area contributed by atoms with E-state index < -0.39 is 22.8 Å². The quantitative estimate of drug-likeness (QED) is 0.204. The summed E-state index contributed by atoms with van der Waals surface area (Å²) < 4.78 is 16.1. The molecule has 5 aliphatic rings. The van der Waals surface area contributed by atoms with Crippen molar-refractivity contribution in [3.05, 3.63) is 53.7 Å². The van der Waals surface area contributed by atoms with E-state index in [0.717, 1.165) is 49.9 Å². The van der Waals surface area contributed by atoms with Crippen LogP contribution in [-0.4, -0.2) is 57.3 Å². The molecule has 3 N–H and O–H groups in total. The van der Waals surface area contributed by atoms with E-state index in [9.17, 15) is 9.90 Å². The first kappa shape index (κ1) is 40.1. The van der Waals surface area contributed by atoms with Gasteiger partial charge in [0.05, 0.1) is 44.5 Å². The minimum atomic E-state index is -0.637. The van der Waals surface area contributed by atoms with E-state index in [-0.39, 0.29) is 45.1 Å². The lowest BCUT2D eigenvalue weighted by Crippen LogP contribution is -2.69. The van der Waals surface area contributed by atoms with Gasteiger partial charge in [0, 0.05) is 21.9 Å². The van der Waals surface area contributed by atoms with Crippen LogP contribution in [0.15, 0.2) is 42.2 Å². The van der Waals surface area contributed by atoms with E-state index in [2.05, 4.69) is 91.8 Å². The Morgan fingerprint density at radius 3 is 2.49 bits per heavy atom. The van der Waals surface area contributed by atoms with Crippen LogP contribution >= 0.6 is 0 Å². The molecule has 1 aliphatic heterocycles. The average molecular weight is 754 g/mol. The Morgan fingerprint density at radius 2 is 1.84 bits per heavy atom. The SMILES string of the molecule is [C-]#[N+]c1cccc(-c2ncnn2[C@@H]2C[C@@]34COC[C@](C)([C@@H]3CC[C@H]3C4=CC[C@@]4(C)[C@H](C(=O)O)[C@@](C)([C@H](C)C(C)C)CC[C@]34C)[C@H]2OC[C@](C)(N)C(C)(C)C)c1. The number of benzene rings is 1. The number of carbonyl (C=O) groups is 1. The van der Waals surface area contributed by atoms with E-state index in [0.29, 0.717) is 43.3 Å². The molecule has 1 saturated heterocycles. The third-order valence-electron chi connectivity index (χ3n) is 17.5. The summed E-state index contributed by atoms with van der Waals surface area (Å²) in [6, 6.07) is 7.46. The fourth-order valence-electron chi connectivity index (χ4n) is 13.0. The van der Waals surface area contributed by atoms with Gasteiger partial charge in [0.2, 0.25) is 0 Å². The minimum Gasteiger partial charge on any atom is -0.481 e. The summed E-state index contributed by atoms with van der Waals surface area (Å²) in [5.74, 6) is 0.915. The van der Waals surface area contributed by atoms with E-state index in [4.69, 9.17) is 31.9 Å². The van der Waals surface area contributed by atoms with E-state index in [1.54, 1.807) is 6.33 Å². The van der Waals surface area contributed by atoms with Crippen molar-refractivity contribution in [1.29, 1.82) is 0 Å². The number of carboxylic acid groups (broad SMARTS) is 1. The monoisotopic (exact) mass is 754 g/mol. The van der Waals surface area contributed by atoms with Gasteiger partial charge in [0.1, 0.15) is 6.33 Å². The summed E-state index contributed by atoms with van der Waals surface area (Å²) in [4.78, 5) is 22.1. The highest BCUT2D eigenvalue weighted by Gasteiger charge is 2.72. The molecule has 1 aromatic carbocycles. The zero-order valence-electron chi connectivity index (χ0n) is 35.4. The molecule has 0 unspecified atom stereocenters. The molecule has 300 valence electrons. The van der Waals surface area contributed by atoms with Gasteiger partial charge in [-0.3, -0.25) is 4.79 Å². The summed E-state index contributed by atoms with van der Waals surface area (Å²) in [6.45, 7) is 34.1. The Morgan fingerprint density at radius 1 is 1.11 bits per heavy atom. The molecule has 1 aromatic heterocycles. The molecule has 9 nitrogen and oxygen atoms in total. The number of ether oxygens (including phenoxy) is 2. The second kappa shape index (κ2) is 13.2. The highest BCUT2D eigenvalue weighted by Crippen LogP contribution is 2.75. The van der Waals surface area contributed by atoms with Crippen LogP contribution in [0.1, 0.15) is 121 Å².